The number of nitrogens with zero attached hydrogens (tertiary/aromatic N) is 3. The van der Waals surface area contributed by atoms with Crippen molar-refractivity contribution in [2.45, 2.75) is 45.6 Å². The lowest BCUT2D eigenvalue weighted by molar-refractivity contribution is 0.0926. The first kappa shape index (κ1) is 20.5. The number of amides is 1. The van der Waals surface area contributed by atoms with Crippen LogP contribution in [0.2, 0.25) is 0 Å². The molecule has 1 saturated heterocycles. The molecule has 1 unspecified atom stereocenters. The first-order valence-electron chi connectivity index (χ1n) is 10.0. The number of rotatable bonds is 5. The van der Waals surface area contributed by atoms with Gasteiger partial charge in [0.2, 0.25) is 0 Å². The fourth-order valence-corrected chi connectivity index (χ4v) is 3.62. The number of halogens is 1. The maximum Gasteiger partial charge on any atom is 0.269 e. The van der Waals surface area contributed by atoms with Crippen molar-refractivity contribution in [3.63, 3.8) is 0 Å². The van der Waals surface area contributed by atoms with E-state index in [2.05, 4.69) is 43.1 Å². The quantitative estimate of drug-likeness (QED) is 0.856. The highest BCUT2D eigenvalue weighted by atomic mass is 19.1. The maximum absolute atomic E-state index is 13.2. The number of carbonyl (C=O) groups excluding carboxylic acids is 1. The Balaban J connectivity index is 1.76. The molecule has 1 aromatic carbocycles. The van der Waals surface area contributed by atoms with E-state index < -0.39 is 0 Å². The topological polar surface area (TPSA) is 50.2 Å². The predicted molar refractivity (Wildman–Crippen MR) is 109 cm³/mol. The minimum absolute atomic E-state index is 0.0988. The van der Waals surface area contributed by atoms with Crippen molar-refractivity contribution in [2.24, 2.45) is 5.92 Å². The minimum Gasteiger partial charge on any atom is -0.350 e. The Bertz CT molecular complexity index is 807. The average Bonchev–Trinajstić information content (AvgIpc) is 3.06. The van der Waals surface area contributed by atoms with Gasteiger partial charge >= 0.3 is 0 Å². The van der Waals surface area contributed by atoms with Gasteiger partial charge in [-0.3, -0.25) is 9.48 Å². The molecule has 152 valence electrons. The molecule has 1 atom stereocenters. The normalized spacial score (nSPS) is 18.2. The number of piperidine rings is 1. The molecule has 28 heavy (non-hydrogen) atoms. The standard InChI is InChI=1S/C22H31FN4O/c1-22(2,3)20-12-19(21(28)24-13-17-6-5-11-26(4)14-17)27(25-20)15-16-7-9-18(23)10-8-16/h7-10,12,17H,5-6,11,13-15H2,1-4H3,(H,24,28). The molecule has 5 nitrogen and oxygen atoms in total. The number of hydrogen-bond acceptors (Lipinski definition) is 3. The van der Waals surface area contributed by atoms with Crippen LogP contribution in [-0.2, 0) is 12.0 Å². The third kappa shape index (κ3) is 5.19. The zero-order valence-electron chi connectivity index (χ0n) is 17.3. The van der Waals surface area contributed by atoms with E-state index in [1.165, 1.54) is 18.6 Å². The average molecular weight is 387 g/mol. The van der Waals surface area contributed by atoms with Gasteiger partial charge in [0, 0.05) is 18.5 Å². The van der Waals surface area contributed by atoms with Gasteiger partial charge < -0.3 is 10.2 Å². The van der Waals surface area contributed by atoms with E-state index in [0.29, 0.717) is 24.7 Å². The van der Waals surface area contributed by atoms with Crippen LogP contribution in [0.4, 0.5) is 4.39 Å². The summed E-state index contributed by atoms with van der Waals surface area (Å²) in [6.45, 7) is 9.50. The van der Waals surface area contributed by atoms with E-state index in [9.17, 15) is 9.18 Å². The van der Waals surface area contributed by atoms with Gasteiger partial charge in [-0.1, -0.05) is 32.9 Å². The predicted octanol–water partition coefficient (Wildman–Crippen LogP) is 3.44. The molecule has 2 heterocycles. The van der Waals surface area contributed by atoms with Gasteiger partial charge in [-0.05, 0) is 56.1 Å². The molecule has 1 aliphatic heterocycles. The largest absolute Gasteiger partial charge is 0.350 e. The van der Waals surface area contributed by atoms with E-state index in [1.54, 1.807) is 16.8 Å². The second kappa shape index (κ2) is 8.43. The van der Waals surface area contributed by atoms with Crippen LogP contribution in [0.1, 0.15) is 55.4 Å². The molecule has 6 heteroatoms. The van der Waals surface area contributed by atoms with Gasteiger partial charge in [0.25, 0.3) is 5.91 Å². The molecule has 0 aliphatic carbocycles. The third-order valence-corrected chi connectivity index (χ3v) is 5.30. The summed E-state index contributed by atoms with van der Waals surface area (Å²) in [6.07, 6.45) is 2.32. The first-order valence-corrected chi connectivity index (χ1v) is 10.0. The van der Waals surface area contributed by atoms with Crippen LogP contribution >= 0.6 is 0 Å². The Hall–Kier alpha value is -2.21. The van der Waals surface area contributed by atoms with Crippen LogP contribution in [0.3, 0.4) is 0 Å². The van der Waals surface area contributed by atoms with Crippen molar-refractivity contribution in [1.29, 1.82) is 0 Å². The molecule has 1 fully saturated rings. The molecule has 1 amide bonds. The first-order chi connectivity index (χ1) is 13.2. The van der Waals surface area contributed by atoms with E-state index >= 15 is 0 Å². The highest BCUT2D eigenvalue weighted by Gasteiger charge is 2.24. The summed E-state index contributed by atoms with van der Waals surface area (Å²) in [5, 5.41) is 7.78. The van der Waals surface area contributed by atoms with Gasteiger partial charge in [0.05, 0.1) is 12.2 Å². The SMILES string of the molecule is CN1CCCC(CNC(=O)c2cc(C(C)(C)C)nn2Cc2ccc(F)cc2)C1. The summed E-state index contributed by atoms with van der Waals surface area (Å²) in [5.74, 6) is 0.117. The van der Waals surface area contributed by atoms with Crippen molar-refractivity contribution < 1.29 is 9.18 Å². The summed E-state index contributed by atoms with van der Waals surface area (Å²) >= 11 is 0. The number of likely N-dealkylation sites (tertiary alicyclic amines) is 1. The fourth-order valence-electron chi connectivity index (χ4n) is 3.62. The van der Waals surface area contributed by atoms with Crippen molar-refractivity contribution >= 4 is 5.91 Å². The smallest absolute Gasteiger partial charge is 0.269 e. The number of aromatic nitrogens is 2. The van der Waals surface area contributed by atoms with Crippen LogP contribution in [0.25, 0.3) is 0 Å². The molecule has 0 spiro atoms. The second-order valence-corrected chi connectivity index (χ2v) is 8.93. The minimum atomic E-state index is -0.269. The molecule has 1 aliphatic rings. The van der Waals surface area contributed by atoms with Crippen molar-refractivity contribution in [1.82, 2.24) is 20.0 Å². The maximum atomic E-state index is 13.2. The van der Waals surface area contributed by atoms with Gasteiger partial charge in [0.15, 0.2) is 0 Å². The summed E-state index contributed by atoms with van der Waals surface area (Å²) in [6, 6.07) is 8.21. The molecule has 0 saturated carbocycles. The monoisotopic (exact) mass is 386 g/mol. The third-order valence-electron chi connectivity index (χ3n) is 5.30. The van der Waals surface area contributed by atoms with Crippen molar-refractivity contribution in [3.05, 3.63) is 53.1 Å². The van der Waals surface area contributed by atoms with E-state index in [0.717, 1.165) is 30.8 Å². The highest BCUT2D eigenvalue weighted by molar-refractivity contribution is 5.92. The van der Waals surface area contributed by atoms with Gasteiger partial charge in [-0.15, -0.1) is 0 Å². The Kier molecular flexibility index (Phi) is 6.18. The molecular weight excluding hydrogens is 355 g/mol. The fraction of sp³-hybridized carbons (Fsp3) is 0.545. The Labute approximate surface area is 166 Å². The van der Waals surface area contributed by atoms with Crippen molar-refractivity contribution in [2.75, 3.05) is 26.7 Å². The highest BCUT2D eigenvalue weighted by Crippen LogP contribution is 2.23. The zero-order valence-corrected chi connectivity index (χ0v) is 17.3. The van der Waals surface area contributed by atoms with E-state index in [-0.39, 0.29) is 17.1 Å². The number of nitrogens with one attached hydrogen (secondary N) is 1. The molecule has 2 aromatic rings. The summed E-state index contributed by atoms with van der Waals surface area (Å²) in [4.78, 5) is 15.2. The molecule has 1 aromatic heterocycles. The number of benzene rings is 1. The lowest BCUT2D eigenvalue weighted by Crippen LogP contribution is -2.39. The molecule has 0 bridgehead atoms. The van der Waals surface area contributed by atoms with Gasteiger partial charge in [-0.25, -0.2) is 4.39 Å². The summed E-state index contributed by atoms with van der Waals surface area (Å²) in [5.41, 5.74) is 2.18. The van der Waals surface area contributed by atoms with Crippen molar-refractivity contribution in [3.8, 4) is 0 Å². The molecule has 3 rings (SSSR count). The number of hydrogen-bond donors (Lipinski definition) is 1. The second-order valence-electron chi connectivity index (χ2n) is 8.93. The Morgan fingerprint density at radius 3 is 2.64 bits per heavy atom. The molecular formula is C22H31FN4O. The Morgan fingerprint density at radius 2 is 2.00 bits per heavy atom. The van der Waals surface area contributed by atoms with Crippen LogP contribution in [0.15, 0.2) is 30.3 Å². The number of carbonyl (C=O) groups is 1. The van der Waals surface area contributed by atoms with Crippen LogP contribution in [0.5, 0.6) is 0 Å². The van der Waals surface area contributed by atoms with Gasteiger partial charge in [0.1, 0.15) is 11.5 Å². The summed E-state index contributed by atoms with van der Waals surface area (Å²) in [7, 11) is 2.13. The lowest BCUT2D eigenvalue weighted by atomic mass is 9.92. The molecule has 1 N–H and O–H groups in total. The lowest BCUT2D eigenvalue weighted by Gasteiger charge is -2.29. The van der Waals surface area contributed by atoms with Gasteiger partial charge in [-0.2, -0.15) is 5.10 Å². The molecule has 0 radical (unpaired) electrons. The van der Waals surface area contributed by atoms with Crippen LogP contribution in [-0.4, -0.2) is 47.3 Å². The van der Waals surface area contributed by atoms with Crippen LogP contribution in [0, 0.1) is 11.7 Å². The van der Waals surface area contributed by atoms with E-state index in [4.69, 9.17) is 0 Å². The van der Waals surface area contributed by atoms with Crippen LogP contribution < -0.4 is 5.32 Å². The van der Waals surface area contributed by atoms with E-state index in [1.807, 2.05) is 6.07 Å². The Morgan fingerprint density at radius 1 is 1.29 bits per heavy atom. The summed E-state index contributed by atoms with van der Waals surface area (Å²) < 4.78 is 14.9. The zero-order chi connectivity index (χ0) is 20.3.